The first-order chi connectivity index (χ1) is 10.4. The molecule has 0 radical (unpaired) electrons. The zero-order valence-corrected chi connectivity index (χ0v) is 12.6. The number of benzene rings is 1. The van der Waals surface area contributed by atoms with E-state index in [1.807, 2.05) is 0 Å². The number of sulfone groups is 1. The van der Waals surface area contributed by atoms with Gasteiger partial charge in [-0.25, -0.2) is 8.42 Å². The van der Waals surface area contributed by atoms with Gasteiger partial charge in [0.1, 0.15) is 11.8 Å². The molecule has 1 aliphatic heterocycles. The van der Waals surface area contributed by atoms with Gasteiger partial charge in [0.15, 0.2) is 10.7 Å². The van der Waals surface area contributed by atoms with Crippen LogP contribution < -0.4 is 5.73 Å². The monoisotopic (exact) mass is 318 g/mol. The zero-order valence-electron chi connectivity index (χ0n) is 11.8. The predicted molar refractivity (Wildman–Crippen MR) is 79.6 cm³/mol. The highest BCUT2D eigenvalue weighted by molar-refractivity contribution is 7.95. The van der Waals surface area contributed by atoms with Gasteiger partial charge in [0.2, 0.25) is 15.7 Å². The van der Waals surface area contributed by atoms with Crippen molar-refractivity contribution >= 4 is 9.84 Å². The van der Waals surface area contributed by atoms with Gasteiger partial charge in [-0.15, -0.1) is 0 Å². The van der Waals surface area contributed by atoms with E-state index in [9.17, 15) is 18.8 Å². The molecule has 114 valence electrons. The minimum absolute atomic E-state index is 0.0386. The van der Waals surface area contributed by atoms with Crippen LogP contribution in [-0.4, -0.2) is 13.5 Å². The van der Waals surface area contributed by atoms with Gasteiger partial charge >= 0.3 is 0 Å². The minimum atomic E-state index is -4.07. The maximum Gasteiger partial charge on any atom is 0.233 e. The molecule has 0 atom stereocenters. The van der Waals surface area contributed by atoms with Crippen molar-refractivity contribution in [3.8, 4) is 6.07 Å². The van der Waals surface area contributed by atoms with E-state index in [-0.39, 0.29) is 16.4 Å². The Morgan fingerprint density at radius 1 is 1.36 bits per heavy atom. The van der Waals surface area contributed by atoms with E-state index in [1.165, 1.54) is 18.2 Å². The van der Waals surface area contributed by atoms with Gasteiger partial charge in [0.05, 0.1) is 10.5 Å². The van der Waals surface area contributed by atoms with Crippen molar-refractivity contribution in [3.63, 3.8) is 0 Å². The third-order valence-electron chi connectivity index (χ3n) is 3.05. The Morgan fingerprint density at radius 3 is 2.55 bits per heavy atom. The van der Waals surface area contributed by atoms with Gasteiger partial charge in [-0.1, -0.05) is 25.1 Å². The highest BCUT2D eigenvalue weighted by atomic mass is 32.2. The molecule has 0 fully saturated rings. The molecule has 2 rings (SSSR count). The average Bonchev–Trinajstić information content (AvgIpc) is 2.52. The Morgan fingerprint density at radius 2 is 2.00 bits per heavy atom. The quantitative estimate of drug-likeness (QED) is 0.826. The molecule has 0 saturated heterocycles. The third-order valence-corrected chi connectivity index (χ3v) is 4.79. The fraction of sp³-hybridized carbons (Fsp3) is 0.133. The number of rotatable bonds is 3. The Balaban J connectivity index is 2.72. The van der Waals surface area contributed by atoms with Crippen molar-refractivity contribution in [1.29, 1.82) is 5.26 Å². The Labute approximate surface area is 128 Å². The first-order valence-corrected chi connectivity index (χ1v) is 7.92. The summed E-state index contributed by atoms with van der Waals surface area (Å²) in [6.07, 6.45) is 1.74. The summed E-state index contributed by atoms with van der Waals surface area (Å²) in [6, 6.07) is 9.16. The molecular weight excluding hydrogens is 304 g/mol. The Bertz CT molecular complexity index is 828. The molecule has 7 heteroatoms. The van der Waals surface area contributed by atoms with Crippen LogP contribution in [0, 0.1) is 11.3 Å². The lowest BCUT2D eigenvalue weighted by Gasteiger charge is -2.18. The van der Waals surface area contributed by atoms with E-state index < -0.39 is 20.5 Å². The van der Waals surface area contributed by atoms with Crippen LogP contribution in [0.5, 0.6) is 0 Å². The SMILES string of the molecule is CCC1=C/C(=C(/C#N)S(=O)(=O)c2ccccc2)C(O)=C(N)O1. The number of aliphatic hydroxyl groups is 1. The third kappa shape index (κ3) is 2.69. The van der Waals surface area contributed by atoms with Crippen LogP contribution >= 0.6 is 0 Å². The van der Waals surface area contributed by atoms with E-state index in [0.717, 1.165) is 0 Å². The molecule has 0 unspecified atom stereocenters. The predicted octanol–water partition coefficient (Wildman–Crippen LogP) is 2.25. The number of hydrogen-bond donors (Lipinski definition) is 2. The molecule has 6 nitrogen and oxygen atoms in total. The second kappa shape index (κ2) is 5.95. The summed E-state index contributed by atoms with van der Waals surface area (Å²) in [5.41, 5.74) is 5.38. The summed E-state index contributed by atoms with van der Waals surface area (Å²) >= 11 is 0. The Hall–Kier alpha value is -2.72. The highest BCUT2D eigenvalue weighted by Gasteiger charge is 2.29. The summed E-state index contributed by atoms with van der Waals surface area (Å²) in [7, 11) is -4.07. The largest absolute Gasteiger partial charge is 0.503 e. The van der Waals surface area contributed by atoms with Crippen molar-refractivity contribution in [1.82, 2.24) is 0 Å². The summed E-state index contributed by atoms with van der Waals surface area (Å²) < 4.78 is 30.3. The van der Waals surface area contributed by atoms with E-state index in [0.29, 0.717) is 12.2 Å². The lowest BCUT2D eigenvalue weighted by Crippen LogP contribution is -2.16. The molecule has 1 aromatic carbocycles. The second-order valence-electron chi connectivity index (χ2n) is 4.45. The van der Waals surface area contributed by atoms with Crippen LogP contribution in [-0.2, 0) is 14.6 Å². The molecular formula is C15H14N2O4S. The fourth-order valence-corrected chi connectivity index (χ4v) is 3.23. The van der Waals surface area contributed by atoms with Gasteiger partial charge in [-0.2, -0.15) is 5.26 Å². The van der Waals surface area contributed by atoms with E-state index in [4.69, 9.17) is 10.5 Å². The van der Waals surface area contributed by atoms with Crippen molar-refractivity contribution in [2.45, 2.75) is 18.2 Å². The Kier molecular flexibility index (Phi) is 4.24. The number of nitriles is 1. The zero-order chi connectivity index (χ0) is 16.3. The number of ether oxygens (including phenoxy) is 1. The van der Waals surface area contributed by atoms with Gasteiger partial charge in [0.25, 0.3) is 0 Å². The summed E-state index contributed by atoms with van der Waals surface area (Å²) in [5, 5.41) is 19.3. The topological polar surface area (TPSA) is 113 Å². The fourth-order valence-electron chi connectivity index (χ4n) is 1.91. The van der Waals surface area contributed by atoms with Crippen LogP contribution in [0.4, 0.5) is 0 Å². The van der Waals surface area contributed by atoms with E-state index >= 15 is 0 Å². The summed E-state index contributed by atoms with van der Waals surface area (Å²) in [5.74, 6) is -0.528. The number of hydrogen-bond acceptors (Lipinski definition) is 6. The first kappa shape index (κ1) is 15.7. The van der Waals surface area contributed by atoms with E-state index in [2.05, 4.69) is 0 Å². The van der Waals surface area contributed by atoms with Crippen molar-refractivity contribution in [2.75, 3.05) is 0 Å². The molecule has 3 N–H and O–H groups in total. The van der Waals surface area contributed by atoms with Gasteiger partial charge in [0, 0.05) is 6.42 Å². The minimum Gasteiger partial charge on any atom is -0.503 e. The molecule has 1 aliphatic rings. The second-order valence-corrected chi connectivity index (χ2v) is 6.34. The van der Waals surface area contributed by atoms with Gasteiger partial charge in [-0.05, 0) is 18.2 Å². The maximum absolute atomic E-state index is 12.6. The van der Waals surface area contributed by atoms with Crippen LogP contribution in [0.15, 0.2) is 69.2 Å². The molecule has 0 amide bonds. The molecule has 1 heterocycles. The van der Waals surface area contributed by atoms with Crippen LogP contribution in [0.3, 0.4) is 0 Å². The number of nitrogens with two attached hydrogens (primary N) is 1. The standard InChI is InChI=1S/C15H14N2O4S/c1-2-10-8-12(14(18)15(17)21-10)13(9-16)22(19,20)11-6-4-3-5-7-11/h3-8,18H,2,17H2,1H3/b13-12+. The molecule has 0 saturated carbocycles. The number of nitrogens with zero attached hydrogens (tertiary/aromatic N) is 1. The van der Waals surface area contributed by atoms with Crippen LogP contribution in [0.25, 0.3) is 0 Å². The molecule has 0 aromatic heterocycles. The summed E-state index contributed by atoms with van der Waals surface area (Å²) in [6.45, 7) is 1.77. The lowest BCUT2D eigenvalue weighted by atomic mass is 10.1. The molecule has 0 aliphatic carbocycles. The summed E-state index contributed by atoms with van der Waals surface area (Å²) in [4.78, 5) is -0.614. The number of aliphatic hydroxyl groups excluding tert-OH is 1. The average molecular weight is 318 g/mol. The highest BCUT2D eigenvalue weighted by Crippen LogP contribution is 2.30. The normalized spacial score (nSPS) is 17.4. The first-order valence-electron chi connectivity index (χ1n) is 6.43. The number of allylic oxidation sites excluding steroid dienone is 3. The van der Waals surface area contributed by atoms with Gasteiger partial charge < -0.3 is 15.6 Å². The van der Waals surface area contributed by atoms with Crippen LogP contribution in [0.2, 0.25) is 0 Å². The van der Waals surface area contributed by atoms with Crippen molar-refractivity contribution in [3.05, 3.63) is 64.3 Å². The molecule has 1 aromatic rings. The van der Waals surface area contributed by atoms with Gasteiger partial charge in [-0.3, -0.25) is 0 Å². The molecule has 22 heavy (non-hydrogen) atoms. The van der Waals surface area contributed by atoms with Crippen molar-refractivity contribution < 1.29 is 18.3 Å². The van der Waals surface area contributed by atoms with Crippen LogP contribution in [0.1, 0.15) is 13.3 Å². The molecule has 0 bridgehead atoms. The van der Waals surface area contributed by atoms with Crippen molar-refractivity contribution in [2.24, 2.45) is 5.73 Å². The van der Waals surface area contributed by atoms with E-state index in [1.54, 1.807) is 31.2 Å². The maximum atomic E-state index is 12.6. The molecule has 0 spiro atoms. The lowest BCUT2D eigenvalue weighted by molar-refractivity contribution is 0.248. The smallest absolute Gasteiger partial charge is 0.233 e.